The van der Waals surface area contributed by atoms with E-state index in [-0.39, 0.29) is 11.6 Å². The zero-order valence-electron chi connectivity index (χ0n) is 11.0. The molecule has 0 atom stereocenters. The van der Waals surface area contributed by atoms with Crippen LogP contribution in [0.3, 0.4) is 0 Å². The van der Waals surface area contributed by atoms with Crippen molar-refractivity contribution in [3.63, 3.8) is 0 Å². The summed E-state index contributed by atoms with van der Waals surface area (Å²) in [5, 5.41) is 0. The Morgan fingerprint density at radius 3 is 2.21 bits per heavy atom. The van der Waals surface area contributed by atoms with Crippen molar-refractivity contribution in [2.75, 3.05) is 31.9 Å². The van der Waals surface area contributed by atoms with Gasteiger partial charge in [0.1, 0.15) is 5.82 Å². The molecule has 1 aliphatic heterocycles. The zero-order chi connectivity index (χ0) is 13.9. The first kappa shape index (κ1) is 14.4. The van der Waals surface area contributed by atoms with Crippen LogP contribution in [0.5, 0.6) is 0 Å². The van der Waals surface area contributed by atoms with Crippen LogP contribution in [-0.2, 0) is 16.6 Å². The van der Waals surface area contributed by atoms with E-state index < -0.39 is 10.0 Å². The van der Waals surface area contributed by atoms with E-state index in [9.17, 15) is 12.8 Å². The van der Waals surface area contributed by atoms with Crippen molar-refractivity contribution in [1.29, 1.82) is 0 Å². The molecule has 106 valence electrons. The first-order valence-electron chi connectivity index (χ1n) is 6.46. The minimum Gasteiger partial charge on any atom is -0.296 e. The van der Waals surface area contributed by atoms with Crippen LogP contribution in [0.15, 0.2) is 24.3 Å². The number of rotatable bonds is 4. The molecule has 1 fully saturated rings. The van der Waals surface area contributed by atoms with E-state index in [2.05, 4.69) is 4.90 Å². The minimum atomic E-state index is -3.07. The first-order valence-corrected chi connectivity index (χ1v) is 8.07. The highest BCUT2D eigenvalue weighted by atomic mass is 32.2. The van der Waals surface area contributed by atoms with Gasteiger partial charge in [-0.2, -0.15) is 4.31 Å². The number of nitrogens with zero attached hydrogens (tertiary/aromatic N) is 2. The molecule has 1 aromatic rings. The third kappa shape index (κ3) is 3.75. The molecule has 0 saturated carbocycles. The molecular formula is C13H19FN2O2S. The van der Waals surface area contributed by atoms with Crippen molar-refractivity contribution in [3.8, 4) is 0 Å². The van der Waals surface area contributed by atoms with Gasteiger partial charge in [0, 0.05) is 32.7 Å². The van der Waals surface area contributed by atoms with Crippen molar-refractivity contribution in [1.82, 2.24) is 9.21 Å². The normalized spacial score (nSPS) is 18.6. The molecule has 6 heteroatoms. The smallest absolute Gasteiger partial charge is 0.213 e. The lowest BCUT2D eigenvalue weighted by Crippen LogP contribution is -2.48. The molecule has 0 spiro atoms. The molecule has 1 heterocycles. The van der Waals surface area contributed by atoms with Crippen LogP contribution in [0, 0.1) is 5.82 Å². The van der Waals surface area contributed by atoms with Crippen LogP contribution >= 0.6 is 0 Å². The summed E-state index contributed by atoms with van der Waals surface area (Å²) in [5.41, 5.74) is 1.05. The zero-order valence-corrected chi connectivity index (χ0v) is 11.9. The molecule has 0 bridgehead atoms. The molecule has 1 aliphatic rings. The van der Waals surface area contributed by atoms with Crippen molar-refractivity contribution in [2.24, 2.45) is 0 Å². The van der Waals surface area contributed by atoms with E-state index in [4.69, 9.17) is 0 Å². The lowest BCUT2D eigenvalue weighted by atomic mass is 10.2. The summed E-state index contributed by atoms with van der Waals surface area (Å²) in [6, 6.07) is 6.44. The monoisotopic (exact) mass is 286 g/mol. The Labute approximate surface area is 113 Å². The lowest BCUT2D eigenvalue weighted by Gasteiger charge is -2.33. The van der Waals surface area contributed by atoms with E-state index >= 15 is 0 Å². The first-order chi connectivity index (χ1) is 9.01. The van der Waals surface area contributed by atoms with Gasteiger partial charge in [-0.25, -0.2) is 12.8 Å². The number of hydrogen-bond donors (Lipinski definition) is 0. The van der Waals surface area contributed by atoms with Crippen molar-refractivity contribution >= 4 is 10.0 Å². The fourth-order valence-electron chi connectivity index (χ4n) is 2.20. The summed E-state index contributed by atoms with van der Waals surface area (Å²) in [7, 11) is -3.07. The molecule has 0 N–H and O–H groups in total. The van der Waals surface area contributed by atoms with Crippen LogP contribution in [0.4, 0.5) is 4.39 Å². The topological polar surface area (TPSA) is 40.6 Å². The molecule has 1 aromatic carbocycles. The highest BCUT2D eigenvalue weighted by molar-refractivity contribution is 7.89. The maximum Gasteiger partial charge on any atom is 0.213 e. The second-order valence-electron chi connectivity index (χ2n) is 4.70. The molecular weight excluding hydrogens is 267 g/mol. The quantitative estimate of drug-likeness (QED) is 0.837. The van der Waals surface area contributed by atoms with Crippen molar-refractivity contribution in [3.05, 3.63) is 35.6 Å². The Kier molecular flexibility index (Phi) is 4.54. The Balaban J connectivity index is 1.89. The summed E-state index contributed by atoms with van der Waals surface area (Å²) < 4.78 is 37.8. The summed E-state index contributed by atoms with van der Waals surface area (Å²) >= 11 is 0. The van der Waals surface area contributed by atoms with Gasteiger partial charge in [-0.1, -0.05) is 12.1 Å². The number of sulfonamides is 1. The van der Waals surface area contributed by atoms with E-state index in [1.54, 1.807) is 23.4 Å². The maximum atomic E-state index is 12.8. The van der Waals surface area contributed by atoms with Crippen LogP contribution < -0.4 is 0 Å². The molecule has 1 saturated heterocycles. The summed E-state index contributed by atoms with van der Waals surface area (Å²) in [6.07, 6.45) is 0. The average molecular weight is 286 g/mol. The Hall–Kier alpha value is -0.980. The van der Waals surface area contributed by atoms with Gasteiger partial charge in [0.05, 0.1) is 5.75 Å². The lowest BCUT2D eigenvalue weighted by molar-refractivity contribution is 0.181. The molecule has 2 rings (SSSR count). The molecule has 0 unspecified atom stereocenters. The maximum absolute atomic E-state index is 12.8. The molecule has 4 nitrogen and oxygen atoms in total. The van der Waals surface area contributed by atoms with Crippen LogP contribution in [0.25, 0.3) is 0 Å². The summed E-state index contributed by atoms with van der Waals surface area (Å²) in [6.45, 7) is 4.92. The predicted molar refractivity (Wildman–Crippen MR) is 72.7 cm³/mol. The SMILES string of the molecule is CCS(=O)(=O)N1CCN(Cc2ccc(F)cc2)CC1. The number of hydrogen-bond acceptors (Lipinski definition) is 3. The second-order valence-corrected chi connectivity index (χ2v) is 6.96. The number of halogens is 1. The van der Waals surface area contributed by atoms with Gasteiger partial charge in [-0.3, -0.25) is 4.90 Å². The highest BCUT2D eigenvalue weighted by Gasteiger charge is 2.25. The fraction of sp³-hybridized carbons (Fsp3) is 0.538. The minimum absolute atomic E-state index is 0.158. The second kappa shape index (κ2) is 5.98. The number of benzene rings is 1. The predicted octanol–water partition coefficient (Wildman–Crippen LogP) is 1.29. The van der Waals surface area contributed by atoms with Gasteiger partial charge < -0.3 is 0 Å². The van der Waals surface area contributed by atoms with Gasteiger partial charge in [0.15, 0.2) is 0 Å². The van der Waals surface area contributed by atoms with Gasteiger partial charge in [0.25, 0.3) is 0 Å². The van der Waals surface area contributed by atoms with Crippen molar-refractivity contribution in [2.45, 2.75) is 13.5 Å². The van der Waals surface area contributed by atoms with Crippen molar-refractivity contribution < 1.29 is 12.8 Å². The van der Waals surface area contributed by atoms with E-state index in [1.807, 2.05) is 0 Å². The van der Waals surface area contributed by atoms with Gasteiger partial charge in [-0.05, 0) is 24.6 Å². The van der Waals surface area contributed by atoms with Gasteiger partial charge >= 0.3 is 0 Å². The Morgan fingerprint density at radius 2 is 1.68 bits per heavy atom. The van der Waals surface area contributed by atoms with E-state index in [0.717, 1.165) is 25.2 Å². The molecule has 0 aromatic heterocycles. The molecule has 19 heavy (non-hydrogen) atoms. The largest absolute Gasteiger partial charge is 0.296 e. The van der Waals surface area contributed by atoms with E-state index in [0.29, 0.717) is 13.1 Å². The third-order valence-corrected chi connectivity index (χ3v) is 5.29. The highest BCUT2D eigenvalue weighted by Crippen LogP contribution is 2.12. The van der Waals surface area contributed by atoms with Crippen LogP contribution in [-0.4, -0.2) is 49.6 Å². The summed E-state index contributed by atoms with van der Waals surface area (Å²) in [4.78, 5) is 2.19. The molecule has 0 amide bonds. The van der Waals surface area contributed by atoms with Crippen LogP contribution in [0.1, 0.15) is 12.5 Å². The van der Waals surface area contributed by atoms with Gasteiger partial charge in [-0.15, -0.1) is 0 Å². The fourth-order valence-corrected chi connectivity index (χ4v) is 3.28. The van der Waals surface area contributed by atoms with Crippen LogP contribution in [0.2, 0.25) is 0 Å². The average Bonchev–Trinajstić information content (AvgIpc) is 2.42. The molecule has 0 radical (unpaired) electrons. The Bertz CT molecular complexity index is 508. The molecule has 0 aliphatic carbocycles. The Morgan fingerprint density at radius 1 is 1.11 bits per heavy atom. The number of piperazine rings is 1. The van der Waals surface area contributed by atoms with E-state index in [1.165, 1.54) is 12.1 Å². The summed E-state index contributed by atoms with van der Waals surface area (Å²) in [5.74, 6) is -0.0760. The van der Waals surface area contributed by atoms with Gasteiger partial charge in [0.2, 0.25) is 10.0 Å². The third-order valence-electron chi connectivity index (χ3n) is 3.41. The standard InChI is InChI=1S/C13H19FN2O2S/c1-2-19(17,18)16-9-7-15(8-10-16)11-12-3-5-13(14)6-4-12/h3-6H,2,7-11H2,1H3.